The summed E-state index contributed by atoms with van der Waals surface area (Å²) in [6.45, 7) is 1.78. The molecule has 1 aromatic carbocycles. The number of hydrogen-bond donors (Lipinski definition) is 2. The van der Waals surface area contributed by atoms with Gasteiger partial charge >= 0.3 is 0 Å². The van der Waals surface area contributed by atoms with Crippen molar-refractivity contribution in [3.05, 3.63) is 29.7 Å². The van der Waals surface area contributed by atoms with Gasteiger partial charge in [-0.05, 0) is 25.1 Å². The van der Waals surface area contributed by atoms with Gasteiger partial charge in [0, 0.05) is 5.56 Å². The molecular weight excluding hydrogens is 283 g/mol. The van der Waals surface area contributed by atoms with Gasteiger partial charge < -0.3 is 15.4 Å². The molecule has 0 spiro atoms. The molecule has 0 fully saturated rings. The van der Waals surface area contributed by atoms with E-state index in [0.29, 0.717) is 21.3 Å². The fraction of sp³-hybridized carbons (Fsp3) is 0.0833. The smallest absolute Gasteiger partial charge is 0.270 e. The molecule has 20 heavy (non-hydrogen) atoms. The molecule has 3 aromatic rings. The first kappa shape index (κ1) is 12.5. The molecule has 0 saturated heterocycles. The molecule has 0 unspecified atom stereocenters. The number of anilines is 1. The number of hydrogen-bond acceptors (Lipinski definition) is 7. The van der Waals surface area contributed by atoms with Crippen molar-refractivity contribution >= 4 is 16.5 Å². The van der Waals surface area contributed by atoms with Crippen molar-refractivity contribution in [3.8, 4) is 27.9 Å². The number of aromatic hydroxyl groups is 1. The van der Waals surface area contributed by atoms with Crippen LogP contribution in [0.25, 0.3) is 22.2 Å². The summed E-state index contributed by atoms with van der Waals surface area (Å²) in [6.07, 6.45) is 0. The summed E-state index contributed by atoms with van der Waals surface area (Å²) in [6, 6.07) is 3.87. The van der Waals surface area contributed by atoms with Crippen LogP contribution in [0.5, 0.6) is 5.75 Å². The standard InChI is InChI=1S/C12H9FN4O2S/c1-5-9(20-12(14)15-5)11-16-10(17-19-11)6-2-3-8(18)7(13)4-6/h2-4,18H,1H3,(H2,14,15). The molecule has 3 N–H and O–H groups in total. The van der Waals surface area contributed by atoms with Gasteiger partial charge in [-0.3, -0.25) is 0 Å². The Hall–Kier alpha value is -2.48. The minimum Gasteiger partial charge on any atom is -0.505 e. The maximum Gasteiger partial charge on any atom is 0.270 e. The third-order valence-electron chi connectivity index (χ3n) is 2.64. The monoisotopic (exact) mass is 292 g/mol. The van der Waals surface area contributed by atoms with E-state index < -0.39 is 11.6 Å². The number of phenols is 1. The Labute approximate surface area is 116 Å². The van der Waals surface area contributed by atoms with Crippen LogP contribution in [0.2, 0.25) is 0 Å². The van der Waals surface area contributed by atoms with E-state index in [1.807, 2.05) is 0 Å². The van der Waals surface area contributed by atoms with Crippen LogP contribution in [0.1, 0.15) is 5.69 Å². The van der Waals surface area contributed by atoms with Gasteiger partial charge in [-0.25, -0.2) is 9.37 Å². The maximum atomic E-state index is 13.3. The first-order valence-electron chi connectivity index (χ1n) is 5.60. The predicted molar refractivity (Wildman–Crippen MR) is 71.6 cm³/mol. The molecule has 8 heteroatoms. The second kappa shape index (κ2) is 4.57. The fourth-order valence-corrected chi connectivity index (χ4v) is 2.45. The highest BCUT2D eigenvalue weighted by Crippen LogP contribution is 2.31. The Morgan fingerprint density at radius 3 is 2.80 bits per heavy atom. The molecule has 0 saturated carbocycles. The number of nitrogen functional groups attached to an aromatic ring is 1. The molecule has 0 aliphatic carbocycles. The summed E-state index contributed by atoms with van der Waals surface area (Å²) < 4.78 is 18.4. The van der Waals surface area contributed by atoms with Crippen LogP contribution in [0.4, 0.5) is 9.52 Å². The average Bonchev–Trinajstić information content (AvgIpc) is 2.99. The lowest BCUT2D eigenvalue weighted by atomic mass is 10.2. The van der Waals surface area contributed by atoms with E-state index in [4.69, 9.17) is 15.4 Å². The summed E-state index contributed by atoms with van der Waals surface area (Å²) >= 11 is 1.24. The van der Waals surface area contributed by atoms with Gasteiger partial charge in [-0.1, -0.05) is 16.5 Å². The second-order valence-corrected chi connectivity index (χ2v) is 5.09. The van der Waals surface area contributed by atoms with E-state index in [-0.39, 0.29) is 11.7 Å². The first-order chi connectivity index (χ1) is 9.54. The van der Waals surface area contributed by atoms with Crippen molar-refractivity contribution in [1.82, 2.24) is 15.1 Å². The number of benzene rings is 1. The van der Waals surface area contributed by atoms with E-state index in [1.54, 1.807) is 6.92 Å². The quantitative estimate of drug-likeness (QED) is 0.753. The van der Waals surface area contributed by atoms with Gasteiger partial charge in [-0.15, -0.1) is 0 Å². The summed E-state index contributed by atoms with van der Waals surface area (Å²) in [7, 11) is 0. The van der Waals surface area contributed by atoms with Crippen molar-refractivity contribution in [1.29, 1.82) is 0 Å². The molecular formula is C12H9FN4O2S. The number of nitrogens with two attached hydrogens (primary N) is 1. The van der Waals surface area contributed by atoms with Crippen molar-refractivity contribution in [2.45, 2.75) is 6.92 Å². The highest BCUT2D eigenvalue weighted by molar-refractivity contribution is 7.18. The molecule has 2 heterocycles. The lowest BCUT2D eigenvalue weighted by Gasteiger charge is -1.96. The second-order valence-electron chi connectivity index (χ2n) is 4.06. The molecule has 0 bridgehead atoms. The van der Waals surface area contributed by atoms with Gasteiger partial charge in [0.05, 0.1) is 5.69 Å². The van der Waals surface area contributed by atoms with Crippen LogP contribution in [-0.2, 0) is 0 Å². The molecule has 6 nitrogen and oxygen atoms in total. The molecule has 102 valence electrons. The fourth-order valence-electron chi connectivity index (χ4n) is 1.69. The minimum absolute atomic E-state index is 0.227. The summed E-state index contributed by atoms with van der Waals surface area (Å²) in [5.41, 5.74) is 6.71. The van der Waals surface area contributed by atoms with Crippen molar-refractivity contribution in [2.75, 3.05) is 5.73 Å². The van der Waals surface area contributed by atoms with E-state index in [1.165, 1.54) is 23.5 Å². The van der Waals surface area contributed by atoms with Gasteiger partial charge in [0.2, 0.25) is 5.82 Å². The number of thiazole rings is 1. The van der Waals surface area contributed by atoms with Crippen LogP contribution < -0.4 is 5.73 Å². The lowest BCUT2D eigenvalue weighted by Crippen LogP contribution is -1.84. The zero-order valence-corrected chi connectivity index (χ0v) is 11.1. The SMILES string of the molecule is Cc1nc(N)sc1-c1nc(-c2ccc(O)c(F)c2)no1. The molecule has 0 amide bonds. The Morgan fingerprint density at radius 1 is 1.35 bits per heavy atom. The van der Waals surface area contributed by atoms with E-state index in [2.05, 4.69) is 15.1 Å². The Kier molecular flexibility index (Phi) is 2.87. The van der Waals surface area contributed by atoms with Crippen LogP contribution in [0, 0.1) is 12.7 Å². The van der Waals surface area contributed by atoms with Crippen molar-refractivity contribution < 1.29 is 14.0 Å². The van der Waals surface area contributed by atoms with Crippen molar-refractivity contribution in [3.63, 3.8) is 0 Å². The Bertz CT molecular complexity index is 784. The highest BCUT2D eigenvalue weighted by atomic mass is 32.1. The molecule has 0 aliphatic rings. The van der Waals surface area contributed by atoms with Crippen LogP contribution in [0.15, 0.2) is 22.7 Å². The highest BCUT2D eigenvalue weighted by Gasteiger charge is 2.17. The number of halogens is 1. The summed E-state index contributed by atoms with van der Waals surface area (Å²) in [5.74, 6) is -0.666. The van der Waals surface area contributed by atoms with Crippen molar-refractivity contribution in [2.24, 2.45) is 0 Å². The number of aromatic nitrogens is 3. The largest absolute Gasteiger partial charge is 0.505 e. The zero-order valence-electron chi connectivity index (χ0n) is 10.3. The number of phenolic OH excluding ortho intramolecular Hbond substituents is 1. The normalized spacial score (nSPS) is 10.9. The van der Waals surface area contributed by atoms with Gasteiger partial charge in [0.25, 0.3) is 5.89 Å². The Morgan fingerprint density at radius 2 is 2.15 bits per heavy atom. The summed E-state index contributed by atoms with van der Waals surface area (Å²) in [5, 5.41) is 13.4. The van der Waals surface area contributed by atoms with Crippen LogP contribution in [0.3, 0.4) is 0 Å². The predicted octanol–water partition coefficient (Wildman–Crippen LogP) is 2.60. The lowest BCUT2D eigenvalue weighted by molar-refractivity contribution is 0.430. The van der Waals surface area contributed by atoms with Crippen LogP contribution >= 0.6 is 11.3 Å². The molecule has 3 rings (SSSR count). The third-order valence-corrected chi connectivity index (χ3v) is 3.61. The molecule has 0 aliphatic heterocycles. The molecule has 0 radical (unpaired) electrons. The molecule has 2 aromatic heterocycles. The Balaban J connectivity index is 2.01. The molecule has 0 atom stereocenters. The number of aryl methyl sites for hydroxylation is 1. The van der Waals surface area contributed by atoms with E-state index >= 15 is 0 Å². The number of nitrogens with zero attached hydrogens (tertiary/aromatic N) is 3. The van der Waals surface area contributed by atoms with Gasteiger partial charge in [-0.2, -0.15) is 4.98 Å². The van der Waals surface area contributed by atoms with Gasteiger partial charge in [0.15, 0.2) is 16.7 Å². The van der Waals surface area contributed by atoms with E-state index in [9.17, 15) is 4.39 Å². The topological polar surface area (TPSA) is 98.1 Å². The minimum atomic E-state index is -0.743. The van der Waals surface area contributed by atoms with Crippen LogP contribution in [-0.4, -0.2) is 20.2 Å². The first-order valence-corrected chi connectivity index (χ1v) is 6.42. The van der Waals surface area contributed by atoms with E-state index in [0.717, 1.165) is 6.07 Å². The maximum absolute atomic E-state index is 13.3. The zero-order chi connectivity index (χ0) is 14.3. The third kappa shape index (κ3) is 2.10. The average molecular weight is 292 g/mol. The number of rotatable bonds is 2. The summed E-state index contributed by atoms with van der Waals surface area (Å²) in [4.78, 5) is 8.94. The van der Waals surface area contributed by atoms with Gasteiger partial charge in [0.1, 0.15) is 4.88 Å².